The maximum atomic E-state index is 12.3. The highest BCUT2D eigenvalue weighted by Crippen LogP contribution is 2.22. The molecule has 0 radical (unpaired) electrons. The average molecular weight is 370 g/mol. The van der Waals surface area contributed by atoms with Gasteiger partial charge in [-0.05, 0) is 32.4 Å². The number of rotatable bonds is 6. The number of nitrogens with one attached hydrogen (secondary N) is 2. The van der Waals surface area contributed by atoms with E-state index in [1.165, 1.54) is 0 Å². The lowest BCUT2D eigenvalue weighted by Gasteiger charge is -2.34. The normalized spacial score (nSPS) is 16.3. The quantitative estimate of drug-likeness (QED) is 0.804. The first kappa shape index (κ1) is 21.6. The van der Waals surface area contributed by atoms with E-state index in [0.29, 0.717) is 6.54 Å². The molecule has 5 nitrogen and oxygen atoms in total. The summed E-state index contributed by atoms with van der Waals surface area (Å²) >= 11 is 1.68. The Kier molecular flexibility index (Phi) is 10.2. The first-order chi connectivity index (χ1) is 9.70. The van der Waals surface area contributed by atoms with Crippen molar-refractivity contribution >= 4 is 42.1 Å². The summed E-state index contributed by atoms with van der Waals surface area (Å²) in [6, 6.07) is 0. The molecule has 0 unspecified atom stereocenters. The number of amides is 1. The second-order valence-corrected chi connectivity index (χ2v) is 5.98. The van der Waals surface area contributed by atoms with E-state index in [1.807, 2.05) is 0 Å². The third-order valence-electron chi connectivity index (χ3n) is 3.78. The molecule has 2 N–H and O–H groups in total. The predicted molar refractivity (Wildman–Crippen MR) is 94.5 cm³/mol. The number of piperidine rings is 1. The lowest BCUT2D eigenvalue weighted by Crippen LogP contribution is -2.54. The summed E-state index contributed by atoms with van der Waals surface area (Å²) < 4.78 is 5.50. The SMILES string of the molecule is CCc1nc(CCNC(=O)C2(OC)CCNCC2)cs1.Cl.Cl. The van der Waals surface area contributed by atoms with E-state index in [-0.39, 0.29) is 30.7 Å². The van der Waals surface area contributed by atoms with Crippen LogP contribution in [-0.2, 0) is 22.4 Å². The molecule has 1 aliphatic rings. The monoisotopic (exact) mass is 369 g/mol. The number of hydrogen-bond acceptors (Lipinski definition) is 5. The molecule has 1 aromatic rings. The molecule has 0 spiro atoms. The van der Waals surface area contributed by atoms with E-state index in [0.717, 1.165) is 49.5 Å². The number of hydrogen-bond donors (Lipinski definition) is 2. The van der Waals surface area contributed by atoms with E-state index < -0.39 is 5.60 Å². The summed E-state index contributed by atoms with van der Waals surface area (Å²) in [4.78, 5) is 16.8. The van der Waals surface area contributed by atoms with Crippen LogP contribution in [0, 0.1) is 0 Å². The zero-order chi connectivity index (χ0) is 14.4. The van der Waals surface area contributed by atoms with Crippen molar-refractivity contribution in [3.05, 3.63) is 16.1 Å². The predicted octanol–water partition coefficient (Wildman–Crippen LogP) is 1.98. The molecule has 1 amide bonds. The van der Waals surface area contributed by atoms with Crippen LogP contribution in [0.25, 0.3) is 0 Å². The van der Waals surface area contributed by atoms with Crippen LogP contribution in [0.3, 0.4) is 0 Å². The first-order valence-corrected chi connectivity index (χ1v) is 8.05. The lowest BCUT2D eigenvalue weighted by atomic mass is 9.91. The molecule has 0 bridgehead atoms. The van der Waals surface area contributed by atoms with Gasteiger partial charge in [0.1, 0.15) is 5.60 Å². The molecule has 1 saturated heterocycles. The fourth-order valence-electron chi connectivity index (χ4n) is 2.45. The van der Waals surface area contributed by atoms with Gasteiger partial charge in [-0.1, -0.05) is 6.92 Å². The Hall–Kier alpha value is -0.400. The number of carbonyl (C=O) groups is 1. The molecule has 2 heterocycles. The van der Waals surface area contributed by atoms with Crippen molar-refractivity contribution in [1.82, 2.24) is 15.6 Å². The largest absolute Gasteiger partial charge is 0.368 e. The fraction of sp³-hybridized carbons (Fsp3) is 0.714. The van der Waals surface area contributed by atoms with E-state index in [1.54, 1.807) is 18.4 Å². The number of nitrogens with zero attached hydrogens (tertiary/aromatic N) is 1. The van der Waals surface area contributed by atoms with Crippen LogP contribution in [-0.4, -0.2) is 43.2 Å². The van der Waals surface area contributed by atoms with Gasteiger partial charge in [0.25, 0.3) is 5.91 Å². The third-order valence-corrected chi connectivity index (χ3v) is 4.83. The number of carbonyl (C=O) groups excluding carboxylic acids is 1. The molecule has 0 atom stereocenters. The van der Waals surface area contributed by atoms with Crippen molar-refractivity contribution in [3.63, 3.8) is 0 Å². The van der Waals surface area contributed by atoms with Crippen LogP contribution < -0.4 is 10.6 Å². The van der Waals surface area contributed by atoms with Gasteiger partial charge in [-0.25, -0.2) is 4.98 Å². The highest BCUT2D eigenvalue weighted by Gasteiger charge is 2.39. The van der Waals surface area contributed by atoms with Gasteiger partial charge in [0.15, 0.2) is 0 Å². The molecule has 1 aliphatic heterocycles. The molecular formula is C14H25Cl2N3O2S. The van der Waals surface area contributed by atoms with Crippen molar-refractivity contribution < 1.29 is 9.53 Å². The van der Waals surface area contributed by atoms with Gasteiger partial charge < -0.3 is 15.4 Å². The fourth-order valence-corrected chi connectivity index (χ4v) is 3.23. The maximum Gasteiger partial charge on any atom is 0.252 e. The summed E-state index contributed by atoms with van der Waals surface area (Å²) in [7, 11) is 1.62. The summed E-state index contributed by atoms with van der Waals surface area (Å²) in [5.41, 5.74) is 0.408. The van der Waals surface area contributed by atoms with Gasteiger partial charge in [0, 0.05) is 25.5 Å². The maximum absolute atomic E-state index is 12.3. The highest BCUT2D eigenvalue weighted by atomic mass is 35.5. The summed E-state index contributed by atoms with van der Waals surface area (Å²) in [6.07, 6.45) is 3.20. The third kappa shape index (κ3) is 5.35. The van der Waals surface area contributed by atoms with E-state index >= 15 is 0 Å². The zero-order valence-corrected chi connectivity index (χ0v) is 15.5. The first-order valence-electron chi connectivity index (χ1n) is 7.17. The number of aromatic nitrogens is 1. The standard InChI is InChI=1S/C14H23N3O2S.2ClH/c1-3-12-17-11(10-20-12)4-7-16-13(18)14(19-2)5-8-15-9-6-14;;/h10,15H,3-9H2,1-2H3,(H,16,18);2*1H. The topological polar surface area (TPSA) is 63.2 Å². The van der Waals surface area contributed by atoms with Crippen molar-refractivity contribution in [2.45, 2.75) is 38.2 Å². The van der Waals surface area contributed by atoms with Crippen LogP contribution in [0.2, 0.25) is 0 Å². The van der Waals surface area contributed by atoms with Gasteiger partial charge in [0.2, 0.25) is 0 Å². The Bertz CT molecular complexity index is 451. The van der Waals surface area contributed by atoms with Crippen molar-refractivity contribution in [1.29, 1.82) is 0 Å². The van der Waals surface area contributed by atoms with Crippen LogP contribution in [0.15, 0.2) is 5.38 Å². The number of aryl methyl sites for hydroxylation is 1. The molecule has 0 aliphatic carbocycles. The van der Waals surface area contributed by atoms with Crippen molar-refractivity contribution in [2.75, 3.05) is 26.7 Å². The minimum absolute atomic E-state index is 0. The minimum Gasteiger partial charge on any atom is -0.368 e. The Labute approximate surface area is 148 Å². The van der Waals surface area contributed by atoms with Crippen LogP contribution >= 0.6 is 36.2 Å². The van der Waals surface area contributed by atoms with Gasteiger partial charge in [-0.15, -0.1) is 36.2 Å². The van der Waals surface area contributed by atoms with Gasteiger partial charge >= 0.3 is 0 Å². The van der Waals surface area contributed by atoms with Crippen LogP contribution in [0.1, 0.15) is 30.5 Å². The molecule has 2 rings (SSSR count). The van der Waals surface area contributed by atoms with Crippen LogP contribution in [0.4, 0.5) is 0 Å². The van der Waals surface area contributed by atoms with E-state index in [4.69, 9.17) is 4.74 Å². The van der Waals surface area contributed by atoms with Gasteiger partial charge in [-0.2, -0.15) is 0 Å². The molecule has 8 heteroatoms. The molecule has 128 valence electrons. The van der Waals surface area contributed by atoms with Gasteiger partial charge in [0.05, 0.1) is 10.7 Å². The highest BCUT2D eigenvalue weighted by molar-refractivity contribution is 7.09. The Morgan fingerprint density at radius 3 is 2.68 bits per heavy atom. The Morgan fingerprint density at radius 2 is 2.14 bits per heavy atom. The minimum atomic E-state index is -0.651. The second kappa shape index (κ2) is 10.4. The molecule has 0 saturated carbocycles. The smallest absolute Gasteiger partial charge is 0.252 e. The molecule has 0 aromatic carbocycles. The van der Waals surface area contributed by atoms with Crippen molar-refractivity contribution in [3.8, 4) is 0 Å². The van der Waals surface area contributed by atoms with Crippen molar-refractivity contribution in [2.24, 2.45) is 0 Å². The summed E-state index contributed by atoms with van der Waals surface area (Å²) in [5, 5.41) is 9.47. The Balaban J connectivity index is 0.00000220. The molecule has 22 heavy (non-hydrogen) atoms. The zero-order valence-electron chi connectivity index (χ0n) is 13.0. The number of ether oxygens (including phenoxy) is 1. The average Bonchev–Trinajstić information content (AvgIpc) is 2.95. The summed E-state index contributed by atoms with van der Waals surface area (Å²) in [6.45, 7) is 4.37. The van der Waals surface area contributed by atoms with E-state index in [9.17, 15) is 4.79 Å². The molecular weight excluding hydrogens is 345 g/mol. The number of methoxy groups -OCH3 is 1. The van der Waals surface area contributed by atoms with Crippen LogP contribution in [0.5, 0.6) is 0 Å². The number of halogens is 2. The molecule has 1 fully saturated rings. The summed E-state index contributed by atoms with van der Waals surface area (Å²) in [5.74, 6) is 0.00689. The molecule has 1 aromatic heterocycles. The second-order valence-electron chi connectivity index (χ2n) is 5.04. The van der Waals surface area contributed by atoms with E-state index in [2.05, 4.69) is 27.9 Å². The Morgan fingerprint density at radius 1 is 1.45 bits per heavy atom. The van der Waals surface area contributed by atoms with Gasteiger partial charge in [-0.3, -0.25) is 4.79 Å². The number of thiazole rings is 1. The lowest BCUT2D eigenvalue weighted by molar-refractivity contribution is -0.146.